The monoisotopic (exact) mass is 385 g/mol. The van der Waals surface area contributed by atoms with Crippen LogP contribution in [0, 0.1) is 17.0 Å². The van der Waals surface area contributed by atoms with E-state index in [1.807, 2.05) is 31.2 Å². The number of nitro groups is 1. The van der Waals surface area contributed by atoms with Crippen molar-refractivity contribution in [1.29, 1.82) is 0 Å². The number of aromatic nitrogens is 1. The molecule has 1 aromatic heterocycles. The second-order valence-electron chi connectivity index (χ2n) is 7.19. The van der Waals surface area contributed by atoms with Crippen molar-refractivity contribution in [3.05, 3.63) is 52.1 Å². The highest BCUT2D eigenvalue weighted by atomic mass is 16.6. The number of benzene rings is 1. The van der Waals surface area contributed by atoms with E-state index in [0.29, 0.717) is 25.3 Å². The van der Waals surface area contributed by atoms with E-state index in [-0.39, 0.29) is 17.5 Å². The molecule has 0 bridgehead atoms. The Hall–Kier alpha value is -3.16. The van der Waals surface area contributed by atoms with E-state index in [0.717, 1.165) is 17.7 Å². The predicted octanol–water partition coefficient (Wildman–Crippen LogP) is 3.66. The number of amides is 1. The quantitative estimate of drug-likeness (QED) is 0.410. The molecular formula is C20H23N3O5. The van der Waals surface area contributed by atoms with Crippen LogP contribution in [0.25, 0.3) is 0 Å². The molecule has 0 unspecified atom stereocenters. The topological polar surface area (TPSA) is 94.8 Å². The third kappa shape index (κ3) is 4.21. The first-order valence-corrected chi connectivity index (χ1v) is 9.14. The highest BCUT2D eigenvalue weighted by Crippen LogP contribution is 2.37. The summed E-state index contributed by atoms with van der Waals surface area (Å²) in [5.74, 6) is 0.783. The van der Waals surface area contributed by atoms with E-state index < -0.39 is 10.5 Å². The van der Waals surface area contributed by atoms with E-state index in [2.05, 4.69) is 4.98 Å². The Morgan fingerprint density at radius 2 is 2.04 bits per heavy atom. The molecule has 1 aromatic carbocycles. The number of rotatable bonds is 7. The number of unbranched alkanes of at least 4 members (excludes halogenated alkanes) is 1. The largest absolute Gasteiger partial charge is 0.494 e. The summed E-state index contributed by atoms with van der Waals surface area (Å²) in [7, 11) is 0. The van der Waals surface area contributed by atoms with Gasteiger partial charge in [0.25, 0.3) is 11.7 Å². The number of ether oxygens (including phenoxy) is 2. The van der Waals surface area contributed by atoms with Gasteiger partial charge in [-0.1, -0.05) is 12.1 Å². The number of hydrogen-bond donors (Lipinski definition) is 0. The smallest absolute Gasteiger partial charge is 0.366 e. The van der Waals surface area contributed by atoms with Crippen LogP contribution in [0.4, 0.5) is 11.6 Å². The number of aryl methyl sites for hydroxylation is 1. The molecule has 1 amide bonds. The molecule has 1 aliphatic heterocycles. The van der Waals surface area contributed by atoms with Gasteiger partial charge in [-0.2, -0.15) is 0 Å². The number of hydrogen-bond acceptors (Lipinski definition) is 6. The zero-order valence-corrected chi connectivity index (χ0v) is 16.2. The van der Waals surface area contributed by atoms with Crippen LogP contribution in [0.2, 0.25) is 0 Å². The van der Waals surface area contributed by atoms with Crippen LogP contribution in [0.15, 0.2) is 36.4 Å². The zero-order chi connectivity index (χ0) is 20.3. The van der Waals surface area contributed by atoms with Gasteiger partial charge in [0.1, 0.15) is 5.75 Å². The Morgan fingerprint density at radius 3 is 2.75 bits per heavy atom. The fourth-order valence-electron chi connectivity index (χ4n) is 3.01. The van der Waals surface area contributed by atoms with Crippen LogP contribution in [0.3, 0.4) is 0 Å². The molecule has 0 saturated carbocycles. The lowest BCUT2D eigenvalue weighted by Gasteiger charge is -2.35. The van der Waals surface area contributed by atoms with E-state index in [1.165, 1.54) is 17.0 Å². The van der Waals surface area contributed by atoms with Gasteiger partial charge >= 0.3 is 5.82 Å². The van der Waals surface area contributed by atoms with Gasteiger partial charge in [-0.3, -0.25) is 9.69 Å². The normalized spacial score (nSPS) is 15.0. The molecule has 1 aliphatic rings. The maximum absolute atomic E-state index is 12.8. The Kier molecular flexibility index (Phi) is 5.48. The fraction of sp³-hybridized carbons (Fsp3) is 0.400. The van der Waals surface area contributed by atoms with E-state index in [4.69, 9.17) is 9.47 Å². The maximum Gasteiger partial charge on any atom is 0.366 e. The summed E-state index contributed by atoms with van der Waals surface area (Å²) in [4.78, 5) is 28.7. The molecular weight excluding hydrogens is 362 g/mol. The van der Waals surface area contributed by atoms with Crippen LogP contribution in [0.5, 0.6) is 11.5 Å². The zero-order valence-electron chi connectivity index (χ0n) is 16.2. The molecule has 0 fully saturated rings. The summed E-state index contributed by atoms with van der Waals surface area (Å²) in [6.45, 7) is 6.24. The van der Waals surface area contributed by atoms with Gasteiger partial charge < -0.3 is 19.6 Å². The molecule has 2 heterocycles. The maximum atomic E-state index is 12.8. The summed E-state index contributed by atoms with van der Waals surface area (Å²) >= 11 is 0. The summed E-state index contributed by atoms with van der Waals surface area (Å²) in [6.07, 6.45) is 1.39. The van der Waals surface area contributed by atoms with Crippen LogP contribution in [-0.4, -0.2) is 34.6 Å². The van der Waals surface area contributed by atoms with Crippen molar-refractivity contribution in [2.45, 2.75) is 39.2 Å². The Labute approximate surface area is 163 Å². The average Bonchev–Trinajstić information content (AvgIpc) is 2.63. The number of carbonyl (C=O) groups is 1. The minimum atomic E-state index is -1.05. The van der Waals surface area contributed by atoms with Crippen LogP contribution < -0.4 is 14.4 Å². The summed E-state index contributed by atoms with van der Waals surface area (Å²) < 4.78 is 11.4. The van der Waals surface area contributed by atoms with Crippen molar-refractivity contribution in [3.8, 4) is 11.5 Å². The van der Waals surface area contributed by atoms with E-state index >= 15 is 0 Å². The van der Waals surface area contributed by atoms with Crippen LogP contribution >= 0.6 is 0 Å². The Bertz CT molecular complexity index is 897. The standard InChI is InChI=1S/C20H23N3O5/c1-14-7-6-8-15(13-14)27-12-5-4-11-22-18-16(28-20(2,3)19(22)24)9-10-17(21-18)23(25)26/h6-10,13H,4-5,11-12H2,1-3H3. The molecule has 8 nitrogen and oxygen atoms in total. The first-order chi connectivity index (χ1) is 13.3. The second kappa shape index (κ2) is 7.84. The van der Waals surface area contributed by atoms with Crippen molar-refractivity contribution < 1.29 is 19.2 Å². The molecule has 2 aromatic rings. The second-order valence-corrected chi connectivity index (χ2v) is 7.19. The first-order valence-electron chi connectivity index (χ1n) is 9.14. The van der Waals surface area contributed by atoms with E-state index in [9.17, 15) is 14.9 Å². The highest BCUT2D eigenvalue weighted by molar-refractivity contribution is 6.01. The van der Waals surface area contributed by atoms with Crippen molar-refractivity contribution in [2.24, 2.45) is 0 Å². The molecule has 0 spiro atoms. The number of carbonyl (C=O) groups excluding carboxylic acids is 1. The SMILES string of the molecule is Cc1cccc(OCCCCN2C(=O)C(C)(C)Oc3ccc([N+](=O)[O-])nc32)c1. The molecule has 0 N–H and O–H groups in total. The molecule has 0 aliphatic carbocycles. The van der Waals surface area contributed by atoms with Gasteiger partial charge in [0.15, 0.2) is 11.4 Å². The van der Waals surface area contributed by atoms with Gasteiger partial charge in [-0.05, 0) is 67.3 Å². The first kappa shape index (κ1) is 19.6. The Morgan fingerprint density at radius 1 is 1.25 bits per heavy atom. The molecule has 0 radical (unpaired) electrons. The van der Waals surface area contributed by atoms with Gasteiger partial charge in [0.2, 0.25) is 0 Å². The fourth-order valence-corrected chi connectivity index (χ4v) is 3.01. The van der Waals surface area contributed by atoms with Crippen molar-refractivity contribution in [2.75, 3.05) is 18.1 Å². The lowest BCUT2D eigenvalue weighted by molar-refractivity contribution is -0.389. The molecule has 3 rings (SSSR count). The van der Waals surface area contributed by atoms with Crippen LogP contribution in [0.1, 0.15) is 32.3 Å². The van der Waals surface area contributed by atoms with Crippen molar-refractivity contribution in [1.82, 2.24) is 4.98 Å². The Balaban J connectivity index is 1.66. The summed E-state index contributed by atoms with van der Waals surface area (Å²) in [6, 6.07) is 10.6. The third-order valence-corrected chi connectivity index (χ3v) is 4.43. The number of fused-ring (bicyclic) bond motifs is 1. The van der Waals surface area contributed by atoms with Crippen molar-refractivity contribution >= 4 is 17.5 Å². The van der Waals surface area contributed by atoms with Gasteiger partial charge in [-0.25, -0.2) is 0 Å². The minimum absolute atomic E-state index is 0.193. The molecule has 8 heteroatoms. The van der Waals surface area contributed by atoms with Gasteiger partial charge in [0.05, 0.1) is 6.61 Å². The van der Waals surface area contributed by atoms with Gasteiger partial charge in [0, 0.05) is 12.6 Å². The van der Waals surface area contributed by atoms with Crippen molar-refractivity contribution in [3.63, 3.8) is 0 Å². The summed E-state index contributed by atoms with van der Waals surface area (Å²) in [5.41, 5.74) is 0.0750. The average molecular weight is 385 g/mol. The number of pyridine rings is 1. The third-order valence-electron chi connectivity index (χ3n) is 4.43. The van der Waals surface area contributed by atoms with Gasteiger partial charge in [-0.15, -0.1) is 0 Å². The summed E-state index contributed by atoms with van der Waals surface area (Å²) in [5, 5.41) is 11.0. The molecule has 0 saturated heterocycles. The minimum Gasteiger partial charge on any atom is -0.494 e. The van der Waals surface area contributed by atoms with E-state index in [1.54, 1.807) is 13.8 Å². The highest BCUT2D eigenvalue weighted by Gasteiger charge is 2.44. The number of nitrogens with zero attached hydrogens (tertiary/aromatic N) is 3. The number of anilines is 1. The molecule has 28 heavy (non-hydrogen) atoms. The predicted molar refractivity (Wildman–Crippen MR) is 104 cm³/mol. The lowest BCUT2D eigenvalue weighted by Crippen LogP contribution is -2.53. The molecule has 0 atom stereocenters. The van der Waals surface area contributed by atoms with Crippen LogP contribution in [-0.2, 0) is 4.79 Å². The lowest BCUT2D eigenvalue weighted by atomic mass is 10.0. The molecule has 148 valence electrons.